The Labute approximate surface area is 239 Å². The van der Waals surface area contributed by atoms with Crippen molar-refractivity contribution in [3.63, 3.8) is 0 Å². The third-order valence-electron chi connectivity index (χ3n) is 5.46. The van der Waals surface area contributed by atoms with Crippen LogP contribution < -0.4 is 25.4 Å². The molecule has 2 aromatic carbocycles. The number of halogens is 1. The van der Waals surface area contributed by atoms with Crippen molar-refractivity contribution in [3.8, 4) is 11.5 Å². The van der Waals surface area contributed by atoms with Crippen LogP contribution in [0.1, 0.15) is 46.1 Å². The first-order chi connectivity index (χ1) is 19.4. The smallest absolute Gasteiger partial charge is 0.413 e. The number of hydrogen-bond donors (Lipinski definition) is 3. The summed E-state index contributed by atoms with van der Waals surface area (Å²) in [5, 5.41) is 7.74. The number of nitrogens with one attached hydrogen (secondary N) is 3. The van der Waals surface area contributed by atoms with Crippen LogP contribution in [0.25, 0.3) is 0 Å². The van der Waals surface area contributed by atoms with Crippen LogP contribution in [0.5, 0.6) is 11.5 Å². The van der Waals surface area contributed by atoms with E-state index in [-0.39, 0.29) is 38.2 Å². The normalized spacial score (nSPS) is 12.3. The fourth-order valence-corrected chi connectivity index (χ4v) is 3.57. The van der Waals surface area contributed by atoms with E-state index in [2.05, 4.69) is 16.0 Å². The van der Waals surface area contributed by atoms with E-state index in [0.29, 0.717) is 11.3 Å². The van der Waals surface area contributed by atoms with Gasteiger partial charge in [0.1, 0.15) is 35.0 Å². The molecule has 3 amide bonds. The van der Waals surface area contributed by atoms with Gasteiger partial charge < -0.3 is 34.9 Å². The van der Waals surface area contributed by atoms with Gasteiger partial charge in [-0.25, -0.2) is 18.8 Å². The van der Waals surface area contributed by atoms with Crippen molar-refractivity contribution in [2.45, 2.75) is 64.6 Å². The van der Waals surface area contributed by atoms with E-state index in [4.69, 9.17) is 18.9 Å². The lowest BCUT2D eigenvalue weighted by Crippen LogP contribution is -2.53. The summed E-state index contributed by atoms with van der Waals surface area (Å²) in [7, 11) is 1.50. The molecular weight excluding hydrogens is 537 g/mol. The van der Waals surface area contributed by atoms with Crippen molar-refractivity contribution in [1.29, 1.82) is 0 Å². The number of carbonyl (C=O) groups excluding carboxylic acids is 4. The maximum absolute atomic E-state index is 13.4. The number of esters is 1. The quantitative estimate of drug-likeness (QED) is 0.241. The van der Waals surface area contributed by atoms with Crippen LogP contribution in [0.2, 0.25) is 0 Å². The number of methoxy groups -OCH3 is 1. The van der Waals surface area contributed by atoms with Crippen molar-refractivity contribution in [2.24, 2.45) is 0 Å². The van der Waals surface area contributed by atoms with Crippen LogP contribution in [0, 0.1) is 5.82 Å². The van der Waals surface area contributed by atoms with Crippen LogP contribution in [0.4, 0.5) is 14.0 Å². The first-order valence-corrected chi connectivity index (χ1v) is 13.2. The van der Waals surface area contributed by atoms with E-state index < -0.39 is 47.6 Å². The molecular formula is C29H38FN3O8. The van der Waals surface area contributed by atoms with Crippen LogP contribution in [-0.2, 0) is 25.5 Å². The zero-order valence-electron chi connectivity index (χ0n) is 24.0. The molecule has 0 aliphatic heterocycles. The fourth-order valence-electron chi connectivity index (χ4n) is 3.57. The second kappa shape index (κ2) is 16.0. The minimum Gasteiger partial charge on any atom is -0.497 e. The Kier molecular flexibility index (Phi) is 12.9. The fraction of sp³-hybridized carbons (Fsp3) is 0.448. The summed E-state index contributed by atoms with van der Waals surface area (Å²) in [4.78, 5) is 50.6. The van der Waals surface area contributed by atoms with Gasteiger partial charge in [0, 0.05) is 13.0 Å². The Balaban J connectivity index is 2.12. The molecule has 224 valence electrons. The summed E-state index contributed by atoms with van der Waals surface area (Å²) in [5.41, 5.74) is -0.0823. The number of carbonyl (C=O) groups is 4. The third-order valence-corrected chi connectivity index (χ3v) is 5.46. The van der Waals surface area contributed by atoms with Gasteiger partial charge in [0.25, 0.3) is 0 Å². The van der Waals surface area contributed by atoms with Crippen LogP contribution in [0.15, 0.2) is 48.5 Å². The van der Waals surface area contributed by atoms with E-state index in [1.165, 1.54) is 43.5 Å². The number of benzene rings is 2. The average Bonchev–Trinajstić information content (AvgIpc) is 2.90. The number of hydrogen-bond acceptors (Lipinski definition) is 8. The Morgan fingerprint density at radius 2 is 1.51 bits per heavy atom. The number of amides is 3. The van der Waals surface area contributed by atoms with Gasteiger partial charge in [-0.3, -0.25) is 4.79 Å². The second-order valence-electron chi connectivity index (χ2n) is 9.98. The van der Waals surface area contributed by atoms with Gasteiger partial charge in [0.15, 0.2) is 0 Å². The van der Waals surface area contributed by atoms with Gasteiger partial charge in [-0.05, 0) is 82.5 Å². The maximum atomic E-state index is 13.4. The molecule has 2 unspecified atom stereocenters. The molecule has 2 atom stereocenters. The summed E-state index contributed by atoms with van der Waals surface area (Å²) >= 11 is 0. The SMILES string of the molecule is CCOC(=O)C(Cc1ccc(F)cc1)NC(=O)C(CCCNC(=O)OC(C)(C)C)NC(=O)Oc1ccc(OC)cc1. The van der Waals surface area contributed by atoms with Crippen LogP contribution in [0.3, 0.4) is 0 Å². The molecule has 3 N–H and O–H groups in total. The van der Waals surface area contributed by atoms with E-state index >= 15 is 0 Å². The first kappa shape index (κ1) is 32.9. The molecule has 2 rings (SSSR count). The third kappa shape index (κ3) is 12.6. The summed E-state index contributed by atoms with van der Waals surface area (Å²) in [6, 6.07) is 9.52. The highest BCUT2D eigenvalue weighted by Gasteiger charge is 2.28. The van der Waals surface area contributed by atoms with Gasteiger partial charge in [0.2, 0.25) is 5.91 Å². The first-order valence-electron chi connectivity index (χ1n) is 13.2. The summed E-state index contributed by atoms with van der Waals surface area (Å²) in [6.45, 7) is 7.07. The lowest BCUT2D eigenvalue weighted by molar-refractivity contribution is -0.147. The number of ether oxygens (including phenoxy) is 4. The van der Waals surface area contributed by atoms with Gasteiger partial charge in [0.05, 0.1) is 13.7 Å². The zero-order valence-corrected chi connectivity index (χ0v) is 24.0. The number of alkyl carbamates (subject to hydrolysis) is 1. The average molecular weight is 576 g/mol. The predicted molar refractivity (Wildman–Crippen MR) is 148 cm³/mol. The standard InChI is InChI=1S/C29H38FN3O8/c1-6-39-26(35)24(18-19-9-11-20(30)12-10-19)32-25(34)23(8-7-17-31-27(36)41-29(2,3)4)33-28(37)40-22-15-13-21(38-5)14-16-22/h9-16,23-24H,6-8,17-18H2,1-5H3,(H,31,36)(H,32,34)(H,33,37). The molecule has 0 aliphatic carbocycles. The molecule has 0 aliphatic rings. The van der Waals surface area contributed by atoms with Crippen molar-refractivity contribution < 1.29 is 42.5 Å². The summed E-state index contributed by atoms with van der Waals surface area (Å²) < 4.78 is 34.1. The minimum absolute atomic E-state index is 0.0358. The molecule has 0 spiro atoms. The van der Waals surface area contributed by atoms with Gasteiger partial charge >= 0.3 is 18.2 Å². The van der Waals surface area contributed by atoms with E-state index in [0.717, 1.165) is 0 Å². The molecule has 0 saturated heterocycles. The molecule has 0 heterocycles. The topological polar surface area (TPSA) is 141 Å². The Morgan fingerprint density at radius 1 is 0.878 bits per heavy atom. The lowest BCUT2D eigenvalue weighted by atomic mass is 10.0. The highest BCUT2D eigenvalue weighted by Crippen LogP contribution is 2.17. The van der Waals surface area contributed by atoms with Crippen molar-refractivity contribution in [2.75, 3.05) is 20.3 Å². The van der Waals surface area contributed by atoms with Gasteiger partial charge in [-0.15, -0.1) is 0 Å². The second-order valence-corrected chi connectivity index (χ2v) is 9.98. The Hall–Kier alpha value is -4.35. The zero-order chi connectivity index (χ0) is 30.4. The minimum atomic E-state index is -1.13. The molecule has 2 aromatic rings. The highest BCUT2D eigenvalue weighted by molar-refractivity contribution is 5.90. The summed E-state index contributed by atoms with van der Waals surface area (Å²) in [5.74, 6) is -1.01. The maximum Gasteiger partial charge on any atom is 0.413 e. The summed E-state index contributed by atoms with van der Waals surface area (Å²) in [6.07, 6.45) is -1.12. The van der Waals surface area contributed by atoms with Crippen LogP contribution in [-0.4, -0.2) is 62.0 Å². The lowest BCUT2D eigenvalue weighted by Gasteiger charge is -2.23. The molecule has 0 fully saturated rings. The predicted octanol–water partition coefficient (Wildman–Crippen LogP) is 3.89. The number of rotatable bonds is 13. The Morgan fingerprint density at radius 3 is 2.10 bits per heavy atom. The molecule has 11 nitrogen and oxygen atoms in total. The van der Waals surface area contributed by atoms with Gasteiger partial charge in [-0.2, -0.15) is 0 Å². The molecule has 0 radical (unpaired) electrons. The molecule has 0 aromatic heterocycles. The van der Waals surface area contributed by atoms with Crippen molar-refractivity contribution >= 4 is 24.1 Å². The van der Waals surface area contributed by atoms with E-state index in [1.54, 1.807) is 39.8 Å². The monoisotopic (exact) mass is 575 g/mol. The van der Waals surface area contributed by atoms with E-state index in [9.17, 15) is 23.6 Å². The largest absolute Gasteiger partial charge is 0.497 e. The van der Waals surface area contributed by atoms with E-state index in [1.807, 2.05) is 0 Å². The Bertz CT molecular complexity index is 1150. The highest BCUT2D eigenvalue weighted by atomic mass is 19.1. The van der Waals surface area contributed by atoms with Crippen molar-refractivity contribution in [1.82, 2.24) is 16.0 Å². The molecule has 0 saturated carbocycles. The van der Waals surface area contributed by atoms with Gasteiger partial charge in [-0.1, -0.05) is 12.1 Å². The molecule has 0 bridgehead atoms. The van der Waals surface area contributed by atoms with Crippen molar-refractivity contribution in [3.05, 3.63) is 59.9 Å². The molecule has 41 heavy (non-hydrogen) atoms. The van der Waals surface area contributed by atoms with Crippen LogP contribution >= 0.6 is 0 Å². The molecule has 12 heteroatoms.